The Kier molecular flexibility index (Phi) is 6.26. The van der Waals surface area contributed by atoms with Crippen molar-refractivity contribution in [1.29, 1.82) is 0 Å². The Hall–Kier alpha value is -3.64. The molecule has 0 spiro atoms. The molecule has 0 aliphatic carbocycles. The van der Waals surface area contributed by atoms with E-state index >= 15 is 0 Å². The number of aryl methyl sites for hydroxylation is 1. The normalized spacial score (nSPS) is 10.1. The number of carbonyl (C=O) groups is 3. The first-order chi connectivity index (χ1) is 13.9. The molecule has 146 valence electrons. The Morgan fingerprint density at radius 1 is 0.690 bits per heavy atom. The van der Waals surface area contributed by atoms with Gasteiger partial charge in [-0.05, 0) is 67.1 Å². The van der Waals surface area contributed by atoms with Crippen LogP contribution in [0.15, 0.2) is 72.8 Å². The van der Waals surface area contributed by atoms with Crippen LogP contribution in [-0.4, -0.2) is 17.7 Å². The average molecular weight is 408 g/mol. The molecule has 0 saturated carbocycles. The molecule has 6 nitrogen and oxygen atoms in total. The molecule has 0 aromatic heterocycles. The summed E-state index contributed by atoms with van der Waals surface area (Å²) >= 11 is 5.78. The van der Waals surface area contributed by atoms with Gasteiger partial charge in [0.05, 0.1) is 0 Å². The first-order valence-corrected chi connectivity index (χ1v) is 9.15. The molecule has 3 N–H and O–H groups in total. The summed E-state index contributed by atoms with van der Waals surface area (Å²) in [6.07, 6.45) is 0. The van der Waals surface area contributed by atoms with Crippen molar-refractivity contribution < 1.29 is 14.4 Å². The monoisotopic (exact) mass is 407 g/mol. The molecular formula is C22H18ClN3O3. The van der Waals surface area contributed by atoms with Gasteiger partial charge in [0.2, 0.25) is 0 Å². The van der Waals surface area contributed by atoms with Gasteiger partial charge in [0, 0.05) is 27.4 Å². The quantitative estimate of drug-likeness (QED) is 0.572. The Morgan fingerprint density at radius 2 is 1.21 bits per heavy atom. The number of nitrogens with one attached hydrogen (secondary N) is 3. The van der Waals surface area contributed by atoms with Crippen LogP contribution in [0.2, 0.25) is 5.02 Å². The minimum atomic E-state index is -0.482. The highest BCUT2D eigenvalue weighted by Crippen LogP contribution is 2.14. The van der Waals surface area contributed by atoms with Crippen molar-refractivity contribution in [2.75, 3.05) is 5.32 Å². The molecule has 3 rings (SSSR count). The van der Waals surface area contributed by atoms with Gasteiger partial charge in [-0.25, -0.2) is 0 Å². The Balaban J connectivity index is 1.57. The Bertz CT molecular complexity index is 1050. The molecule has 0 saturated heterocycles. The third-order valence-corrected chi connectivity index (χ3v) is 4.44. The Labute approximate surface area is 172 Å². The van der Waals surface area contributed by atoms with E-state index in [9.17, 15) is 14.4 Å². The van der Waals surface area contributed by atoms with Gasteiger partial charge in [0.15, 0.2) is 0 Å². The fraction of sp³-hybridized carbons (Fsp3) is 0.0455. The van der Waals surface area contributed by atoms with Crippen molar-refractivity contribution in [2.45, 2.75) is 6.92 Å². The van der Waals surface area contributed by atoms with Crippen LogP contribution >= 0.6 is 11.6 Å². The van der Waals surface area contributed by atoms with E-state index in [2.05, 4.69) is 16.2 Å². The van der Waals surface area contributed by atoms with Crippen molar-refractivity contribution in [2.24, 2.45) is 0 Å². The van der Waals surface area contributed by atoms with E-state index in [4.69, 9.17) is 11.6 Å². The van der Waals surface area contributed by atoms with Crippen LogP contribution in [0.4, 0.5) is 5.69 Å². The molecule has 3 aromatic rings. The Morgan fingerprint density at radius 3 is 1.76 bits per heavy atom. The highest BCUT2D eigenvalue weighted by molar-refractivity contribution is 6.30. The van der Waals surface area contributed by atoms with Crippen molar-refractivity contribution in [3.8, 4) is 0 Å². The van der Waals surface area contributed by atoms with Crippen LogP contribution in [0.3, 0.4) is 0 Å². The molecule has 0 bridgehead atoms. The van der Waals surface area contributed by atoms with Gasteiger partial charge in [0.25, 0.3) is 17.7 Å². The average Bonchev–Trinajstić information content (AvgIpc) is 2.73. The maximum atomic E-state index is 12.3. The largest absolute Gasteiger partial charge is 0.322 e. The van der Waals surface area contributed by atoms with Gasteiger partial charge < -0.3 is 5.32 Å². The van der Waals surface area contributed by atoms with E-state index in [0.717, 1.165) is 5.56 Å². The van der Waals surface area contributed by atoms with Crippen LogP contribution in [0.25, 0.3) is 0 Å². The SMILES string of the molecule is Cc1ccccc1C(=O)Nc1ccc(C(=O)NNC(=O)c2ccc(Cl)cc2)cc1. The summed E-state index contributed by atoms with van der Waals surface area (Å²) in [5, 5.41) is 3.30. The standard InChI is InChI=1S/C22H18ClN3O3/c1-14-4-2-3-5-19(14)22(29)24-18-12-8-16(9-13-18)21(28)26-25-20(27)15-6-10-17(23)11-7-15/h2-13H,1H3,(H,24,29)(H,25,27)(H,26,28). The molecule has 0 atom stereocenters. The third-order valence-electron chi connectivity index (χ3n) is 4.19. The molecule has 0 unspecified atom stereocenters. The van der Waals surface area contributed by atoms with Crippen molar-refractivity contribution >= 4 is 35.0 Å². The fourth-order valence-corrected chi connectivity index (χ4v) is 2.72. The molecule has 3 amide bonds. The molecule has 29 heavy (non-hydrogen) atoms. The summed E-state index contributed by atoms with van der Waals surface area (Å²) in [4.78, 5) is 36.6. The number of hydrogen-bond donors (Lipinski definition) is 3. The highest BCUT2D eigenvalue weighted by atomic mass is 35.5. The van der Waals surface area contributed by atoms with E-state index in [-0.39, 0.29) is 5.91 Å². The molecule has 0 aliphatic heterocycles. The molecular weight excluding hydrogens is 390 g/mol. The van der Waals surface area contributed by atoms with E-state index in [1.807, 2.05) is 19.1 Å². The zero-order valence-corrected chi connectivity index (χ0v) is 16.3. The number of halogens is 1. The van der Waals surface area contributed by atoms with Crippen LogP contribution in [-0.2, 0) is 0 Å². The third kappa shape index (κ3) is 5.21. The number of benzene rings is 3. The zero-order valence-electron chi connectivity index (χ0n) is 15.5. The van der Waals surface area contributed by atoms with Crippen LogP contribution in [0.5, 0.6) is 0 Å². The smallest absolute Gasteiger partial charge is 0.269 e. The maximum Gasteiger partial charge on any atom is 0.269 e. The van der Waals surface area contributed by atoms with E-state index in [1.165, 1.54) is 0 Å². The number of amides is 3. The molecule has 0 aliphatic rings. The number of hydrogen-bond acceptors (Lipinski definition) is 3. The molecule has 7 heteroatoms. The van der Waals surface area contributed by atoms with E-state index < -0.39 is 11.8 Å². The van der Waals surface area contributed by atoms with Crippen molar-refractivity contribution in [3.05, 3.63) is 100 Å². The second kappa shape index (κ2) is 9.03. The summed E-state index contributed by atoms with van der Waals surface area (Å²) in [7, 11) is 0. The summed E-state index contributed by atoms with van der Waals surface area (Å²) in [5.74, 6) is -1.17. The topological polar surface area (TPSA) is 87.3 Å². The van der Waals surface area contributed by atoms with E-state index in [1.54, 1.807) is 60.7 Å². The molecule has 0 heterocycles. The lowest BCUT2D eigenvalue weighted by molar-refractivity contribution is 0.0846. The van der Waals surface area contributed by atoms with Gasteiger partial charge in [-0.1, -0.05) is 29.8 Å². The fourth-order valence-electron chi connectivity index (χ4n) is 2.59. The van der Waals surface area contributed by atoms with Crippen LogP contribution in [0, 0.1) is 6.92 Å². The molecule has 0 radical (unpaired) electrons. The zero-order chi connectivity index (χ0) is 20.8. The number of rotatable bonds is 4. The molecule has 0 fully saturated rings. The van der Waals surface area contributed by atoms with Crippen LogP contribution in [0.1, 0.15) is 36.6 Å². The number of anilines is 1. The van der Waals surface area contributed by atoms with Gasteiger partial charge >= 0.3 is 0 Å². The first kappa shape index (κ1) is 20.1. The maximum absolute atomic E-state index is 12.3. The predicted molar refractivity (Wildman–Crippen MR) is 112 cm³/mol. The molecule has 3 aromatic carbocycles. The summed E-state index contributed by atoms with van der Waals surface area (Å²) in [6, 6.07) is 19.9. The van der Waals surface area contributed by atoms with Gasteiger partial charge in [-0.2, -0.15) is 0 Å². The minimum Gasteiger partial charge on any atom is -0.322 e. The van der Waals surface area contributed by atoms with Gasteiger partial charge in [-0.15, -0.1) is 0 Å². The predicted octanol–water partition coefficient (Wildman–Crippen LogP) is 3.98. The lowest BCUT2D eigenvalue weighted by Gasteiger charge is -2.09. The lowest BCUT2D eigenvalue weighted by Crippen LogP contribution is -2.41. The summed E-state index contributed by atoms with van der Waals surface area (Å²) in [5.41, 5.74) is 7.39. The van der Waals surface area contributed by atoms with Gasteiger partial charge in [-0.3, -0.25) is 25.2 Å². The second-order valence-electron chi connectivity index (χ2n) is 6.26. The van der Waals surface area contributed by atoms with Crippen molar-refractivity contribution in [1.82, 2.24) is 10.9 Å². The number of carbonyl (C=O) groups excluding carboxylic acids is 3. The van der Waals surface area contributed by atoms with Gasteiger partial charge in [0.1, 0.15) is 0 Å². The highest BCUT2D eigenvalue weighted by Gasteiger charge is 2.11. The van der Waals surface area contributed by atoms with Crippen LogP contribution < -0.4 is 16.2 Å². The minimum absolute atomic E-state index is 0.226. The first-order valence-electron chi connectivity index (χ1n) is 8.77. The summed E-state index contributed by atoms with van der Waals surface area (Å²) in [6.45, 7) is 1.86. The summed E-state index contributed by atoms with van der Waals surface area (Å²) < 4.78 is 0. The lowest BCUT2D eigenvalue weighted by atomic mass is 10.1. The number of hydrazine groups is 1. The van der Waals surface area contributed by atoms with E-state index in [0.29, 0.717) is 27.4 Å². The second-order valence-corrected chi connectivity index (χ2v) is 6.70. The van der Waals surface area contributed by atoms with Crippen molar-refractivity contribution in [3.63, 3.8) is 0 Å².